The van der Waals surface area contributed by atoms with Gasteiger partial charge < -0.3 is 19.7 Å². The number of carbonyl (C=O) groups is 1. The summed E-state index contributed by atoms with van der Waals surface area (Å²) in [6.45, 7) is 0. The number of amides is 1. The third kappa shape index (κ3) is 5.18. The Kier molecular flexibility index (Phi) is 6.56. The van der Waals surface area contributed by atoms with E-state index in [0.29, 0.717) is 22.7 Å². The molecule has 0 fully saturated rings. The van der Waals surface area contributed by atoms with Crippen molar-refractivity contribution in [3.63, 3.8) is 0 Å². The molecule has 0 aromatic heterocycles. The van der Waals surface area contributed by atoms with Gasteiger partial charge in [0, 0.05) is 20.2 Å². The van der Waals surface area contributed by atoms with Crippen molar-refractivity contribution < 1.29 is 27.4 Å². The highest BCUT2D eigenvalue weighted by atomic mass is 19.4. The van der Waals surface area contributed by atoms with E-state index >= 15 is 0 Å². The smallest absolute Gasteiger partial charge is 0.416 e. The Morgan fingerprint density at radius 1 is 1.04 bits per heavy atom. The van der Waals surface area contributed by atoms with Gasteiger partial charge in [0.1, 0.15) is 0 Å². The molecule has 1 amide bonds. The van der Waals surface area contributed by atoms with Crippen molar-refractivity contribution in [1.29, 1.82) is 0 Å². The van der Waals surface area contributed by atoms with E-state index in [1.807, 2.05) is 0 Å². The first-order chi connectivity index (χ1) is 13.2. The lowest BCUT2D eigenvalue weighted by Gasteiger charge is -2.19. The standard InChI is InChI=1S/C20H21F3N2O3/c1-25(2)16-8-7-14(20(21,22)23)12-15(16)24-19(26)10-6-13-5-9-17(27-3)18(11-13)28-4/h5-12H,1-4H3,(H,24,26)/b10-6+. The van der Waals surface area contributed by atoms with Gasteiger partial charge in [-0.1, -0.05) is 6.07 Å². The maximum atomic E-state index is 13.0. The van der Waals surface area contributed by atoms with Gasteiger partial charge in [0.25, 0.3) is 0 Å². The van der Waals surface area contributed by atoms with E-state index in [2.05, 4.69) is 5.32 Å². The van der Waals surface area contributed by atoms with E-state index < -0.39 is 17.6 Å². The van der Waals surface area contributed by atoms with Crippen LogP contribution in [0.5, 0.6) is 11.5 Å². The van der Waals surface area contributed by atoms with Crippen molar-refractivity contribution in [3.8, 4) is 11.5 Å². The Morgan fingerprint density at radius 2 is 1.71 bits per heavy atom. The average Bonchev–Trinajstić information content (AvgIpc) is 2.65. The molecule has 1 N–H and O–H groups in total. The number of halogens is 3. The predicted molar refractivity (Wildman–Crippen MR) is 103 cm³/mol. The summed E-state index contributed by atoms with van der Waals surface area (Å²) in [5.74, 6) is 0.485. The minimum atomic E-state index is -4.50. The van der Waals surface area contributed by atoms with Crippen LogP contribution in [0.15, 0.2) is 42.5 Å². The number of hydrogen-bond donors (Lipinski definition) is 1. The van der Waals surface area contributed by atoms with Crippen LogP contribution >= 0.6 is 0 Å². The van der Waals surface area contributed by atoms with E-state index in [1.54, 1.807) is 37.2 Å². The molecule has 0 aliphatic heterocycles. The topological polar surface area (TPSA) is 50.8 Å². The molecule has 150 valence electrons. The summed E-state index contributed by atoms with van der Waals surface area (Å²) in [6, 6.07) is 8.30. The van der Waals surface area contributed by atoms with Crippen LogP contribution in [-0.2, 0) is 11.0 Å². The zero-order valence-electron chi connectivity index (χ0n) is 15.9. The molecule has 0 unspecified atom stereocenters. The molecule has 28 heavy (non-hydrogen) atoms. The fourth-order valence-electron chi connectivity index (χ4n) is 2.51. The second kappa shape index (κ2) is 8.69. The van der Waals surface area contributed by atoms with Crippen molar-refractivity contribution in [2.75, 3.05) is 38.5 Å². The number of methoxy groups -OCH3 is 2. The molecule has 0 saturated carbocycles. The van der Waals surface area contributed by atoms with Gasteiger partial charge in [0.15, 0.2) is 11.5 Å². The van der Waals surface area contributed by atoms with Gasteiger partial charge in [-0.3, -0.25) is 4.79 Å². The molecule has 2 rings (SSSR count). The number of hydrogen-bond acceptors (Lipinski definition) is 4. The SMILES string of the molecule is COc1ccc(/C=C/C(=O)Nc2cc(C(F)(F)F)ccc2N(C)C)cc1OC. The zero-order chi connectivity index (χ0) is 20.9. The van der Waals surface area contributed by atoms with Crippen LogP contribution in [-0.4, -0.2) is 34.2 Å². The van der Waals surface area contributed by atoms with E-state index in [-0.39, 0.29) is 5.69 Å². The number of alkyl halides is 3. The Hall–Kier alpha value is -3.16. The molecule has 0 bridgehead atoms. The van der Waals surface area contributed by atoms with Gasteiger partial charge in [-0.05, 0) is 42.0 Å². The molecule has 0 atom stereocenters. The lowest BCUT2D eigenvalue weighted by atomic mass is 10.1. The first-order valence-corrected chi connectivity index (χ1v) is 8.25. The van der Waals surface area contributed by atoms with Gasteiger partial charge in [0.05, 0.1) is 31.2 Å². The predicted octanol–water partition coefficient (Wildman–Crippen LogP) is 4.44. The van der Waals surface area contributed by atoms with E-state index in [1.165, 1.54) is 32.4 Å². The van der Waals surface area contributed by atoms with E-state index in [0.717, 1.165) is 12.1 Å². The maximum Gasteiger partial charge on any atom is 0.416 e. The normalized spacial score (nSPS) is 11.4. The van der Waals surface area contributed by atoms with Crippen LogP contribution in [0.3, 0.4) is 0 Å². The highest BCUT2D eigenvalue weighted by Gasteiger charge is 2.31. The van der Waals surface area contributed by atoms with Gasteiger partial charge >= 0.3 is 6.18 Å². The maximum absolute atomic E-state index is 13.0. The molecule has 0 heterocycles. The molecular weight excluding hydrogens is 373 g/mol. The average molecular weight is 394 g/mol. The Morgan fingerprint density at radius 3 is 2.29 bits per heavy atom. The number of anilines is 2. The second-order valence-corrected chi connectivity index (χ2v) is 6.06. The van der Waals surface area contributed by atoms with Gasteiger partial charge in [-0.15, -0.1) is 0 Å². The first kappa shape index (κ1) is 21.1. The van der Waals surface area contributed by atoms with Gasteiger partial charge in [0.2, 0.25) is 5.91 Å². The minimum Gasteiger partial charge on any atom is -0.493 e. The summed E-state index contributed by atoms with van der Waals surface area (Å²) in [4.78, 5) is 13.9. The Balaban J connectivity index is 2.23. The molecule has 0 spiro atoms. The summed E-state index contributed by atoms with van der Waals surface area (Å²) in [7, 11) is 6.36. The zero-order valence-corrected chi connectivity index (χ0v) is 15.9. The summed E-state index contributed by atoms with van der Waals surface area (Å²) >= 11 is 0. The molecule has 0 aliphatic rings. The van der Waals surface area contributed by atoms with Crippen molar-refractivity contribution in [1.82, 2.24) is 0 Å². The van der Waals surface area contributed by atoms with Crippen LogP contribution in [0.1, 0.15) is 11.1 Å². The van der Waals surface area contributed by atoms with Crippen molar-refractivity contribution >= 4 is 23.4 Å². The molecule has 5 nitrogen and oxygen atoms in total. The number of nitrogens with one attached hydrogen (secondary N) is 1. The second-order valence-electron chi connectivity index (χ2n) is 6.06. The Labute approximate surface area is 161 Å². The fourth-order valence-corrected chi connectivity index (χ4v) is 2.51. The quantitative estimate of drug-likeness (QED) is 0.736. The molecule has 0 aliphatic carbocycles. The summed E-state index contributed by atoms with van der Waals surface area (Å²) in [5.41, 5.74) is 0.365. The van der Waals surface area contributed by atoms with E-state index in [9.17, 15) is 18.0 Å². The van der Waals surface area contributed by atoms with Crippen LogP contribution in [0, 0.1) is 0 Å². The molecule has 2 aromatic carbocycles. The largest absolute Gasteiger partial charge is 0.493 e. The van der Waals surface area contributed by atoms with Crippen LogP contribution in [0.25, 0.3) is 6.08 Å². The fraction of sp³-hybridized carbons (Fsp3) is 0.250. The lowest BCUT2D eigenvalue weighted by molar-refractivity contribution is -0.137. The van der Waals surface area contributed by atoms with E-state index in [4.69, 9.17) is 9.47 Å². The highest BCUT2D eigenvalue weighted by molar-refractivity contribution is 6.03. The monoisotopic (exact) mass is 394 g/mol. The summed E-state index contributed by atoms with van der Waals surface area (Å²) < 4.78 is 49.3. The molecule has 2 aromatic rings. The van der Waals surface area contributed by atoms with Crippen molar-refractivity contribution in [2.45, 2.75) is 6.18 Å². The summed E-state index contributed by atoms with van der Waals surface area (Å²) in [6.07, 6.45) is -1.74. The number of rotatable bonds is 6. The van der Waals surface area contributed by atoms with Crippen LogP contribution in [0.4, 0.5) is 24.5 Å². The van der Waals surface area contributed by atoms with Crippen LogP contribution < -0.4 is 19.7 Å². The van der Waals surface area contributed by atoms with Gasteiger partial charge in [-0.2, -0.15) is 13.2 Å². The minimum absolute atomic E-state index is 0.0711. The first-order valence-electron chi connectivity index (χ1n) is 8.25. The highest BCUT2D eigenvalue weighted by Crippen LogP contribution is 2.35. The lowest BCUT2D eigenvalue weighted by Crippen LogP contribution is -2.16. The third-order valence-electron chi connectivity index (χ3n) is 3.90. The van der Waals surface area contributed by atoms with Crippen molar-refractivity contribution in [3.05, 3.63) is 53.6 Å². The molecule has 0 radical (unpaired) electrons. The number of benzene rings is 2. The molecular formula is C20H21F3N2O3. The van der Waals surface area contributed by atoms with Gasteiger partial charge in [-0.25, -0.2) is 0 Å². The number of carbonyl (C=O) groups excluding carboxylic acids is 1. The summed E-state index contributed by atoms with van der Waals surface area (Å²) in [5, 5.41) is 2.50. The Bertz CT molecular complexity index is 877. The number of ether oxygens (including phenoxy) is 2. The molecule has 0 saturated heterocycles. The van der Waals surface area contributed by atoms with Crippen molar-refractivity contribution in [2.24, 2.45) is 0 Å². The molecule has 8 heteroatoms. The van der Waals surface area contributed by atoms with Crippen LogP contribution in [0.2, 0.25) is 0 Å². The third-order valence-corrected chi connectivity index (χ3v) is 3.90. The number of nitrogens with zero attached hydrogens (tertiary/aromatic N) is 1.